The third-order valence-corrected chi connectivity index (χ3v) is 4.91. The Bertz CT molecular complexity index is 930. The second-order valence-electron chi connectivity index (χ2n) is 7.51. The summed E-state index contributed by atoms with van der Waals surface area (Å²) in [6, 6.07) is 12.3. The predicted octanol–water partition coefficient (Wildman–Crippen LogP) is 4.34. The molecular weight excluding hydrogens is 410 g/mol. The van der Waals surface area contributed by atoms with Gasteiger partial charge in [-0.05, 0) is 49.1 Å². The number of carboxylic acid groups (broad SMARTS) is 1. The highest BCUT2D eigenvalue weighted by atomic mass is 16.5. The van der Waals surface area contributed by atoms with Gasteiger partial charge in [0.05, 0.1) is 19.2 Å². The van der Waals surface area contributed by atoms with Crippen LogP contribution in [0.1, 0.15) is 43.2 Å². The molecule has 0 aliphatic rings. The maximum atomic E-state index is 12.3. The number of aryl methyl sites for hydroxylation is 1. The monoisotopic (exact) mass is 441 g/mol. The molecule has 8 nitrogen and oxygen atoms in total. The zero-order valence-corrected chi connectivity index (χ0v) is 18.6. The van der Waals surface area contributed by atoms with E-state index in [0.29, 0.717) is 24.4 Å². The lowest BCUT2D eigenvalue weighted by atomic mass is 10.1. The summed E-state index contributed by atoms with van der Waals surface area (Å²) in [5.74, 6) is -0.411. The van der Waals surface area contributed by atoms with Gasteiger partial charge >= 0.3 is 12.0 Å². The van der Waals surface area contributed by atoms with Gasteiger partial charge in [-0.1, -0.05) is 37.1 Å². The standard InChI is InChI=1S/C24H31N3O5/c1-17-9-6-7-10-19(17)26-24(31)27-20-13-12-18(15-21(20)32-2)16-22(28)25-14-8-4-3-5-11-23(29)30/h6-7,9-10,12-13,15H,3-5,8,11,14,16H2,1-2H3,(H,25,28)(H,29,30)(H2,26,27,31). The van der Waals surface area contributed by atoms with Gasteiger partial charge in [0.25, 0.3) is 0 Å². The van der Waals surface area contributed by atoms with Gasteiger partial charge in [0, 0.05) is 18.7 Å². The van der Waals surface area contributed by atoms with Crippen molar-refractivity contribution in [2.75, 3.05) is 24.3 Å². The average Bonchev–Trinajstić information content (AvgIpc) is 2.75. The molecule has 0 heterocycles. The highest BCUT2D eigenvalue weighted by Crippen LogP contribution is 2.26. The fourth-order valence-electron chi connectivity index (χ4n) is 3.17. The van der Waals surface area contributed by atoms with E-state index in [1.165, 1.54) is 7.11 Å². The lowest BCUT2D eigenvalue weighted by Gasteiger charge is -2.13. The number of para-hydroxylation sites is 1. The SMILES string of the molecule is COc1cc(CC(=O)NCCCCCCC(=O)O)ccc1NC(=O)Nc1ccccc1C. The number of aliphatic carboxylic acids is 1. The van der Waals surface area contributed by atoms with Gasteiger partial charge in [0.1, 0.15) is 5.75 Å². The first-order valence-corrected chi connectivity index (χ1v) is 10.7. The molecule has 172 valence electrons. The number of urea groups is 1. The smallest absolute Gasteiger partial charge is 0.323 e. The molecule has 0 fully saturated rings. The summed E-state index contributed by atoms with van der Waals surface area (Å²) in [7, 11) is 1.51. The van der Waals surface area contributed by atoms with Crippen LogP contribution in [0.2, 0.25) is 0 Å². The number of benzene rings is 2. The summed E-state index contributed by atoms with van der Waals surface area (Å²) in [6.45, 7) is 2.47. The molecule has 8 heteroatoms. The van der Waals surface area contributed by atoms with E-state index in [4.69, 9.17) is 9.84 Å². The van der Waals surface area contributed by atoms with Crippen molar-refractivity contribution in [1.82, 2.24) is 5.32 Å². The van der Waals surface area contributed by atoms with Crippen molar-refractivity contribution in [3.8, 4) is 5.75 Å². The molecule has 0 bridgehead atoms. The molecule has 0 saturated carbocycles. The van der Waals surface area contributed by atoms with Gasteiger partial charge in [-0.25, -0.2) is 4.79 Å². The van der Waals surface area contributed by atoms with Crippen molar-refractivity contribution in [3.05, 3.63) is 53.6 Å². The van der Waals surface area contributed by atoms with Gasteiger partial charge in [-0.15, -0.1) is 0 Å². The number of hydrogen-bond acceptors (Lipinski definition) is 4. The quantitative estimate of drug-likeness (QED) is 0.366. The molecular formula is C24H31N3O5. The summed E-state index contributed by atoms with van der Waals surface area (Å²) in [5, 5.41) is 17.1. The minimum Gasteiger partial charge on any atom is -0.495 e. The van der Waals surface area contributed by atoms with Crippen LogP contribution >= 0.6 is 0 Å². The summed E-state index contributed by atoms with van der Waals surface area (Å²) in [4.78, 5) is 35.0. The van der Waals surface area contributed by atoms with Gasteiger partial charge < -0.3 is 25.8 Å². The third kappa shape index (κ3) is 8.67. The van der Waals surface area contributed by atoms with Gasteiger partial charge in [0.15, 0.2) is 0 Å². The minimum absolute atomic E-state index is 0.101. The zero-order valence-electron chi connectivity index (χ0n) is 18.6. The summed E-state index contributed by atoms with van der Waals surface area (Å²) >= 11 is 0. The number of anilines is 2. The number of amides is 3. The molecule has 0 saturated heterocycles. The summed E-state index contributed by atoms with van der Waals surface area (Å²) < 4.78 is 5.38. The number of methoxy groups -OCH3 is 1. The molecule has 0 aliphatic heterocycles. The van der Waals surface area contributed by atoms with Crippen LogP contribution in [-0.2, 0) is 16.0 Å². The maximum Gasteiger partial charge on any atom is 0.323 e. The van der Waals surface area contributed by atoms with Crippen molar-refractivity contribution in [2.45, 2.75) is 45.4 Å². The van der Waals surface area contributed by atoms with E-state index in [1.54, 1.807) is 18.2 Å². The molecule has 2 aromatic carbocycles. The Balaban J connectivity index is 1.80. The summed E-state index contributed by atoms with van der Waals surface area (Å²) in [6.07, 6.45) is 3.58. The Hall–Kier alpha value is -3.55. The number of hydrogen-bond donors (Lipinski definition) is 4. The van der Waals surface area contributed by atoms with Gasteiger partial charge in [-0.3, -0.25) is 9.59 Å². The predicted molar refractivity (Wildman–Crippen MR) is 124 cm³/mol. The third-order valence-electron chi connectivity index (χ3n) is 4.91. The van der Waals surface area contributed by atoms with Crippen molar-refractivity contribution in [2.24, 2.45) is 0 Å². The lowest BCUT2D eigenvalue weighted by Crippen LogP contribution is -2.26. The van der Waals surface area contributed by atoms with Crippen LogP contribution in [0.4, 0.5) is 16.2 Å². The number of carboxylic acids is 1. The fourth-order valence-corrected chi connectivity index (χ4v) is 3.17. The van der Waals surface area contributed by atoms with E-state index in [-0.39, 0.29) is 24.8 Å². The first-order chi connectivity index (χ1) is 15.4. The van der Waals surface area contributed by atoms with E-state index in [2.05, 4.69) is 16.0 Å². The molecule has 4 N–H and O–H groups in total. The molecule has 2 aromatic rings. The van der Waals surface area contributed by atoms with Crippen LogP contribution in [0, 0.1) is 6.92 Å². The van der Waals surface area contributed by atoms with E-state index >= 15 is 0 Å². The Kier molecular flexibility index (Phi) is 10.0. The van der Waals surface area contributed by atoms with E-state index in [9.17, 15) is 14.4 Å². The molecule has 0 aromatic heterocycles. The zero-order chi connectivity index (χ0) is 23.3. The number of carbonyl (C=O) groups is 3. The van der Waals surface area contributed by atoms with Crippen LogP contribution < -0.4 is 20.7 Å². The normalized spacial score (nSPS) is 10.3. The average molecular weight is 442 g/mol. The van der Waals surface area contributed by atoms with Crippen LogP contribution in [-0.4, -0.2) is 36.7 Å². The molecule has 3 amide bonds. The Morgan fingerprint density at radius 1 is 0.938 bits per heavy atom. The Morgan fingerprint density at radius 3 is 2.38 bits per heavy atom. The molecule has 0 radical (unpaired) electrons. The molecule has 2 rings (SSSR count). The number of carbonyl (C=O) groups excluding carboxylic acids is 2. The highest BCUT2D eigenvalue weighted by Gasteiger charge is 2.11. The van der Waals surface area contributed by atoms with Crippen LogP contribution in [0.15, 0.2) is 42.5 Å². The van der Waals surface area contributed by atoms with Gasteiger partial charge in [-0.2, -0.15) is 0 Å². The second-order valence-corrected chi connectivity index (χ2v) is 7.51. The topological polar surface area (TPSA) is 117 Å². The first-order valence-electron chi connectivity index (χ1n) is 10.7. The molecule has 0 spiro atoms. The largest absolute Gasteiger partial charge is 0.495 e. The van der Waals surface area contributed by atoms with E-state index in [0.717, 1.165) is 36.1 Å². The van der Waals surface area contributed by atoms with Crippen molar-refractivity contribution in [1.29, 1.82) is 0 Å². The second kappa shape index (κ2) is 13.0. The number of unbranched alkanes of at least 4 members (excludes halogenated alkanes) is 3. The number of ether oxygens (including phenoxy) is 1. The van der Waals surface area contributed by atoms with Crippen molar-refractivity contribution < 1.29 is 24.2 Å². The Labute approximate surface area is 188 Å². The maximum absolute atomic E-state index is 12.3. The van der Waals surface area contributed by atoms with Gasteiger partial charge in [0.2, 0.25) is 5.91 Å². The molecule has 32 heavy (non-hydrogen) atoms. The van der Waals surface area contributed by atoms with E-state index < -0.39 is 5.97 Å². The number of rotatable bonds is 12. The van der Waals surface area contributed by atoms with Crippen molar-refractivity contribution >= 4 is 29.3 Å². The fraction of sp³-hybridized carbons (Fsp3) is 0.375. The lowest BCUT2D eigenvalue weighted by molar-refractivity contribution is -0.137. The molecule has 0 unspecified atom stereocenters. The van der Waals surface area contributed by atoms with Crippen LogP contribution in [0.5, 0.6) is 5.75 Å². The summed E-state index contributed by atoms with van der Waals surface area (Å²) in [5.41, 5.74) is 2.95. The van der Waals surface area contributed by atoms with Crippen LogP contribution in [0.25, 0.3) is 0 Å². The van der Waals surface area contributed by atoms with Crippen LogP contribution in [0.3, 0.4) is 0 Å². The molecule has 0 aliphatic carbocycles. The minimum atomic E-state index is -0.776. The number of nitrogens with one attached hydrogen (secondary N) is 3. The Morgan fingerprint density at radius 2 is 1.66 bits per heavy atom. The first kappa shape index (κ1) is 24.7. The van der Waals surface area contributed by atoms with Crippen molar-refractivity contribution in [3.63, 3.8) is 0 Å². The highest BCUT2D eigenvalue weighted by molar-refractivity contribution is 6.01. The van der Waals surface area contributed by atoms with E-state index in [1.807, 2.05) is 31.2 Å². The molecule has 0 atom stereocenters.